The fraction of sp³-hybridized carbons (Fsp3) is 0.500. The van der Waals surface area contributed by atoms with Crippen LogP contribution in [0.1, 0.15) is 26.3 Å². The van der Waals surface area contributed by atoms with Crippen LogP contribution in [0.25, 0.3) is 0 Å². The molecule has 1 unspecified atom stereocenters. The maximum atomic E-state index is 5.98. The number of nitrogens with two attached hydrogens (primary N) is 1. The number of thioether (sulfide) groups is 1. The fourth-order valence-electron chi connectivity index (χ4n) is 1.14. The molecule has 3 heteroatoms. The molecule has 0 heterocycles. The molecule has 0 aliphatic heterocycles. The van der Waals surface area contributed by atoms with Crippen LogP contribution in [0, 0.1) is 5.92 Å². The van der Waals surface area contributed by atoms with Gasteiger partial charge >= 0.3 is 0 Å². The van der Waals surface area contributed by atoms with Crippen LogP contribution < -0.4 is 5.73 Å². The van der Waals surface area contributed by atoms with Crippen LogP contribution in [-0.4, -0.2) is 5.25 Å². The van der Waals surface area contributed by atoms with E-state index in [1.54, 1.807) is 0 Å². The highest BCUT2D eigenvalue weighted by molar-refractivity contribution is 8.00. The largest absolute Gasteiger partial charge is 0.326 e. The highest BCUT2D eigenvalue weighted by Crippen LogP contribution is 2.32. The Morgan fingerprint density at radius 2 is 2.00 bits per heavy atom. The summed E-state index contributed by atoms with van der Waals surface area (Å²) < 4.78 is 0. The van der Waals surface area contributed by atoms with Crippen LogP contribution in [-0.2, 0) is 6.54 Å². The first kappa shape index (κ1) is 12.9. The van der Waals surface area contributed by atoms with Crippen molar-refractivity contribution in [3.05, 3.63) is 28.8 Å². The zero-order chi connectivity index (χ0) is 11.4. The van der Waals surface area contributed by atoms with Crippen molar-refractivity contribution in [2.45, 2.75) is 37.5 Å². The van der Waals surface area contributed by atoms with Gasteiger partial charge in [-0.25, -0.2) is 0 Å². The first-order chi connectivity index (χ1) is 7.04. The molecule has 0 fully saturated rings. The third kappa shape index (κ3) is 3.71. The van der Waals surface area contributed by atoms with E-state index in [0.717, 1.165) is 5.02 Å². The molecule has 0 aliphatic rings. The Labute approximate surface area is 101 Å². The van der Waals surface area contributed by atoms with Gasteiger partial charge in [0, 0.05) is 21.7 Å². The van der Waals surface area contributed by atoms with Gasteiger partial charge in [0.2, 0.25) is 0 Å². The van der Waals surface area contributed by atoms with Crippen molar-refractivity contribution in [2.24, 2.45) is 11.7 Å². The van der Waals surface area contributed by atoms with Crippen molar-refractivity contribution in [2.75, 3.05) is 0 Å². The average Bonchev–Trinajstić information content (AvgIpc) is 2.18. The Bertz CT molecular complexity index is 325. The molecule has 0 amide bonds. The van der Waals surface area contributed by atoms with Crippen molar-refractivity contribution >= 4 is 23.4 Å². The monoisotopic (exact) mass is 243 g/mol. The van der Waals surface area contributed by atoms with Crippen molar-refractivity contribution in [1.29, 1.82) is 0 Å². The molecule has 1 aromatic carbocycles. The molecule has 2 N–H and O–H groups in total. The number of rotatable bonds is 4. The van der Waals surface area contributed by atoms with Gasteiger partial charge in [0.25, 0.3) is 0 Å². The van der Waals surface area contributed by atoms with E-state index in [9.17, 15) is 0 Å². The molecule has 1 aromatic rings. The van der Waals surface area contributed by atoms with Gasteiger partial charge in [-0.3, -0.25) is 0 Å². The quantitative estimate of drug-likeness (QED) is 0.811. The molecule has 0 aromatic heterocycles. The third-order valence-corrected chi connectivity index (χ3v) is 4.29. The maximum Gasteiger partial charge on any atom is 0.0417 e. The molecule has 15 heavy (non-hydrogen) atoms. The zero-order valence-corrected chi connectivity index (χ0v) is 11.0. The molecule has 0 saturated carbocycles. The molecular formula is C12H18ClNS. The van der Waals surface area contributed by atoms with E-state index in [1.165, 1.54) is 10.5 Å². The summed E-state index contributed by atoms with van der Waals surface area (Å²) >= 11 is 7.84. The van der Waals surface area contributed by atoms with E-state index >= 15 is 0 Å². The third-order valence-electron chi connectivity index (χ3n) is 2.50. The van der Waals surface area contributed by atoms with E-state index in [2.05, 4.69) is 20.8 Å². The summed E-state index contributed by atoms with van der Waals surface area (Å²) in [5.41, 5.74) is 6.87. The van der Waals surface area contributed by atoms with Gasteiger partial charge in [0.15, 0.2) is 0 Å². The highest BCUT2D eigenvalue weighted by Gasteiger charge is 2.11. The van der Waals surface area contributed by atoms with E-state index in [4.69, 9.17) is 17.3 Å². The van der Waals surface area contributed by atoms with Crippen LogP contribution in [0.2, 0.25) is 5.02 Å². The standard InChI is InChI=1S/C12H18ClNS/c1-8(2)9(3)15-12-6-11(13)5-4-10(12)7-14/h4-6,8-9H,7,14H2,1-3H3. The molecule has 1 nitrogen and oxygen atoms in total. The average molecular weight is 244 g/mol. The topological polar surface area (TPSA) is 26.0 Å². The van der Waals surface area contributed by atoms with Gasteiger partial charge in [-0.1, -0.05) is 38.4 Å². The van der Waals surface area contributed by atoms with Crippen molar-refractivity contribution in [3.63, 3.8) is 0 Å². The van der Waals surface area contributed by atoms with Gasteiger partial charge in [0.1, 0.15) is 0 Å². The second-order valence-electron chi connectivity index (χ2n) is 4.02. The van der Waals surface area contributed by atoms with E-state index in [-0.39, 0.29) is 0 Å². The summed E-state index contributed by atoms with van der Waals surface area (Å²) in [5.74, 6) is 0.652. The van der Waals surface area contributed by atoms with Gasteiger partial charge in [-0.15, -0.1) is 11.8 Å². The Morgan fingerprint density at radius 1 is 1.33 bits per heavy atom. The normalized spacial score (nSPS) is 13.2. The Balaban J connectivity index is 2.87. The van der Waals surface area contributed by atoms with Crippen molar-refractivity contribution < 1.29 is 0 Å². The first-order valence-electron chi connectivity index (χ1n) is 5.19. The van der Waals surface area contributed by atoms with Crippen LogP contribution >= 0.6 is 23.4 Å². The van der Waals surface area contributed by atoms with Gasteiger partial charge < -0.3 is 5.73 Å². The van der Waals surface area contributed by atoms with Crippen LogP contribution in [0.5, 0.6) is 0 Å². The van der Waals surface area contributed by atoms with Gasteiger partial charge in [0.05, 0.1) is 0 Å². The molecule has 0 spiro atoms. The summed E-state index contributed by atoms with van der Waals surface area (Å²) in [7, 11) is 0. The van der Waals surface area contributed by atoms with E-state index in [0.29, 0.717) is 17.7 Å². The molecule has 0 bridgehead atoms. The Morgan fingerprint density at radius 3 is 2.53 bits per heavy atom. The SMILES string of the molecule is CC(C)C(C)Sc1cc(Cl)ccc1CN. The first-order valence-corrected chi connectivity index (χ1v) is 6.45. The maximum absolute atomic E-state index is 5.98. The minimum Gasteiger partial charge on any atom is -0.326 e. The van der Waals surface area contributed by atoms with E-state index < -0.39 is 0 Å². The number of hydrogen-bond donors (Lipinski definition) is 1. The van der Waals surface area contributed by atoms with Gasteiger partial charge in [-0.05, 0) is 23.6 Å². The Kier molecular flexibility index (Phi) is 4.97. The molecular weight excluding hydrogens is 226 g/mol. The number of benzene rings is 1. The summed E-state index contributed by atoms with van der Waals surface area (Å²) in [6.07, 6.45) is 0. The lowest BCUT2D eigenvalue weighted by Crippen LogP contribution is -2.07. The second-order valence-corrected chi connectivity index (χ2v) is 5.88. The molecule has 1 rings (SSSR count). The lowest BCUT2D eigenvalue weighted by atomic mass is 10.2. The summed E-state index contributed by atoms with van der Waals surface area (Å²) in [6, 6.07) is 5.92. The molecule has 84 valence electrons. The molecule has 0 saturated heterocycles. The fourth-order valence-corrected chi connectivity index (χ4v) is 2.55. The summed E-state index contributed by atoms with van der Waals surface area (Å²) in [5, 5.41) is 1.36. The number of halogens is 1. The molecule has 1 atom stereocenters. The highest BCUT2D eigenvalue weighted by atomic mass is 35.5. The summed E-state index contributed by atoms with van der Waals surface area (Å²) in [4.78, 5) is 1.21. The predicted octanol–water partition coefficient (Wildman–Crippen LogP) is 3.94. The molecule has 0 radical (unpaired) electrons. The van der Waals surface area contributed by atoms with Crippen molar-refractivity contribution in [1.82, 2.24) is 0 Å². The second kappa shape index (κ2) is 5.78. The smallest absolute Gasteiger partial charge is 0.0417 e. The van der Waals surface area contributed by atoms with Crippen LogP contribution in [0.15, 0.2) is 23.1 Å². The van der Waals surface area contributed by atoms with E-state index in [1.807, 2.05) is 30.0 Å². The zero-order valence-electron chi connectivity index (χ0n) is 9.46. The van der Waals surface area contributed by atoms with Gasteiger partial charge in [-0.2, -0.15) is 0 Å². The summed E-state index contributed by atoms with van der Waals surface area (Å²) in [6.45, 7) is 7.26. The Hall–Kier alpha value is -0.180. The lowest BCUT2D eigenvalue weighted by molar-refractivity contribution is 0.642. The van der Waals surface area contributed by atoms with Crippen molar-refractivity contribution in [3.8, 4) is 0 Å². The number of hydrogen-bond acceptors (Lipinski definition) is 2. The van der Waals surface area contributed by atoms with Crippen LogP contribution in [0.3, 0.4) is 0 Å². The molecule has 0 aliphatic carbocycles. The van der Waals surface area contributed by atoms with Crippen LogP contribution in [0.4, 0.5) is 0 Å². The lowest BCUT2D eigenvalue weighted by Gasteiger charge is -2.17. The minimum atomic E-state index is 0.574. The minimum absolute atomic E-state index is 0.574. The predicted molar refractivity (Wildman–Crippen MR) is 69.5 cm³/mol.